The predicted molar refractivity (Wildman–Crippen MR) is 124 cm³/mol. The van der Waals surface area contributed by atoms with Crippen molar-refractivity contribution in [2.24, 2.45) is 11.3 Å². The number of benzene rings is 2. The van der Waals surface area contributed by atoms with Gasteiger partial charge in [-0.2, -0.15) is 0 Å². The summed E-state index contributed by atoms with van der Waals surface area (Å²) in [5.74, 6) is -0.617. The molecule has 0 saturated carbocycles. The third-order valence-corrected chi connectivity index (χ3v) is 6.68. The monoisotopic (exact) mass is 439 g/mol. The Morgan fingerprint density at radius 3 is 2.50 bits per heavy atom. The summed E-state index contributed by atoms with van der Waals surface area (Å²) in [4.78, 5) is 17.2. The Morgan fingerprint density at radius 2 is 1.83 bits per heavy atom. The molecule has 3 aromatic rings. The largest absolute Gasteiger partial charge is 0.478 e. The zero-order valence-electron chi connectivity index (χ0n) is 17.2. The molecule has 0 saturated heterocycles. The Morgan fingerprint density at radius 1 is 1.10 bits per heavy atom. The van der Waals surface area contributed by atoms with Crippen LogP contribution in [0.15, 0.2) is 42.5 Å². The maximum absolute atomic E-state index is 12.3. The molecule has 0 bridgehead atoms. The van der Waals surface area contributed by atoms with Gasteiger partial charge in [-0.3, -0.25) is 0 Å². The molecule has 4 rings (SSSR count). The van der Waals surface area contributed by atoms with Crippen molar-refractivity contribution in [3.05, 3.63) is 74.9 Å². The fraction of sp³-hybridized carbons (Fsp3) is 0.280. The molecular weight excluding hydrogens is 417 g/mol. The zero-order chi connectivity index (χ0) is 21.6. The number of aromatic nitrogens is 1. The Bertz CT molecular complexity index is 1190. The Kier molecular flexibility index (Phi) is 5.37. The first-order chi connectivity index (χ1) is 14.1. The van der Waals surface area contributed by atoms with E-state index in [9.17, 15) is 9.90 Å². The third kappa shape index (κ3) is 3.84. The van der Waals surface area contributed by atoms with Crippen LogP contribution in [-0.2, 0) is 6.42 Å². The lowest BCUT2D eigenvalue weighted by Gasteiger charge is -2.36. The molecule has 5 heteroatoms. The molecular formula is C25H23Cl2NO2. The van der Waals surface area contributed by atoms with Crippen LogP contribution in [0.3, 0.4) is 0 Å². The highest BCUT2D eigenvalue weighted by Gasteiger charge is 2.35. The lowest BCUT2D eigenvalue weighted by Crippen LogP contribution is -2.28. The fourth-order valence-electron chi connectivity index (χ4n) is 4.18. The maximum Gasteiger partial charge on any atom is 0.336 e. The number of fused-ring (bicyclic) bond motifs is 2. The average Bonchev–Trinajstić information content (AvgIpc) is 2.68. The smallest absolute Gasteiger partial charge is 0.336 e. The van der Waals surface area contributed by atoms with E-state index in [1.54, 1.807) is 6.07 Å². The van der Waals surface area contributed by atoms with Crippen molar-refractivity contribution >= 4 is 51.7 Å². The van der Waals surface area contributed by atoms with Crippen LogP contribution < -0.4 is 0 Å². The van der Waals surface area contributed by atoms with Crippen LogP contribution in [0.4, 0.5) is 0 Å². The van der Waals surface area contributed by atoms with Gasteiger partial charge >= 0.3 is 5.97 Å². The lowest BCUT2D eigenvalue weighted by atomic mass is 9.69. The average molecular weight is 440 g/mol. The van der Waals surface area contributed by atoms with Crippen molar-refractivity contribution < 1.29 is 9.90 Å². The predicted octanol–water partition coefficient (Wildman–Crippen LogP) is 7.39. The van der Waals surface area contributed by atoms with Gasteiger partial charge in [0.2, 0.25) is 0 Å². The maximum atomic E-state index is 12.3. The Balaban J connectivity index is 1.99. The van der Waals surface area contributed by atoms with Crippen LogP contribution in [0, 0.1) is 11.3 Å². The zero-order valence-corrected chi connectivity index (χ0v) is 18.7. The molecule has 1 aliphatic rings. The minimum Gasteiger partial charge on any atom is -0.478 e. The molecule has 0 amide bonds. The van der Waals surface area contributed by atoms with E-state index in [2.05, 4.69) is 26.8 Å². The number of halogens is 2. The summed E-state index contributed by atoms with van der Waals surface area (Å²) in [7, 11) is 0. The Hall–Kier alpha value is -2.36. The molecule has 1 unspecified atom stereocenters. The van der Waals surface area contributed by atoms with Gasteiger partial charge in [0, 0.05) is 5.39 Å². The van der Waals surface area contributed by atoms with Gasteiger partial charge in [-0.15, -0.1) is 0 Å². The molecule has 30 heavy (non-hydrogen) atoms. The number of carboxylic acid groups (broad SMARTS) is 1. The van der Waals surface area contributed by atoms with Crippen LogP contribution in [0.2, 0.25) is 10.0 Å². The van der Waals surface area contributed by atoms with E-state index in [-0.39, 0.29) is 5.41 Å². The summed E-state index contributed by atoms with van der Waals surface area (Å²) in [6.45, 7) is 6.61. The first-order valence-electron chi connectivity index (χ1n) is 9.96. The second kappa shape index (κ2) is 7.72. The van der Waals surface area contributed by atoms with E-state index in [4.69, 9.17) is 28.2 Å². The van der Waals surface area contributed by atoms with Gasteiger partial charge in [-0.05, 0) is 65.1 Å². The summed E-state index contributed by atoms with van der Waals surface area (Å²) in [5.41, 5.74) is 4.63. The number of carboxylic acids is 1. The van der Waals surface area contributed by atoms with E-state index in [1.807, 2.05) is 36.4 Å². The van der Waals surface area contributed by atoms with Crippen LogP contribution in [0.5, 0.6) is 0 Å². The van der Waals surface area contributed by atoms with Crippen molar-refractivity contribution in [2.45, 2.75) is 33.6 Å². The van der Waals surface area contributed by atoms with Crippen LogP contribution in [0.25, 0.3) is 22.6 Å². The molecule has 1 heterocycles. The summed E-state index contributed by atoms with van der Waals surface area (Å²) in [5, 5.41) is 11.8. The minimum atomic E-state index is -0.909. The van der Waals surface area contributed by atoms with Crippen molar-refractivity contribution in [1.29, 1.82) is 0 Å². The van der Waals surface area contributed by atoms with E-state index in [1.165, 1.54) is 0 Å². The number of para-hydroxylation sites is 1. The van der Waals surface area contributed by atoms with Crippen molar-refractivity contribution in [1.82, 2.24) is 4.98 Å². The number of rotatable bonds is 2. The number of aromatic carboxylic acids is 1. The van der Waals surface area contributed by atoms with E-state index in [0.717, 1.165) is 28.8 Å². The highest BCUT2D eigenvalue weighted by Crippen LogP contribution is 2.44. The molecule has 1 aliphatic carbocycles. The Labute approximate surface area is 186 Å². The first kappa shape index (κ1) is 20.9. The molecule has 0 aliphatic heterocycles. The van der Waals surface area contributed by atoms with Crippen molar-refractivity contribution in [2.75, 3.05) is 0 Å². The van der Waals surface area contributed by atoms with Gasteiger partial charge < -0.3 is 5.11 Å². The summed E-state index contributed by atoms with van der Waals surface area (Å²) in [6.07, 6.45) is 3.57. The van der Waals surface area contributed by atoms with Gasteiger partial charge in [-0.1, -0.05) is 68.2 Å². The molecule has 0 radical (unpaired) electrons. The van der Waals surface area contributed by atoms with Crippen LogP contribution in [0.1, 0.15) is 54.4 Å². The van der Waals surface area contributed by atoms with E-state index in [0.29, 0.717) is 38.9 Å². The molecule has 1 N–H and O–H groups in total. The standard InChI is InChI=1S/C25H23Cl2NO2/c1-25(2,3)16-12-15(10-14-8-9-19(26)20(27)11-14)23-18(13-16)22(24(29)30)17-6-4-5-7-21(17)28-23/h4-11,16H,12-13H2,1-3H3,(H,29,30)/b15-10+. The highest BCUT2D eigenvalue weighted by atomic mass is 35.5. The van der Waals surface area contributed by atoms with Crippen molar-refractivity contribution in [3.63, 3.8) is 0 Å². The molecule has 1 atom stereocenters. The fourth-order valence-corrected chi connectivity index (χ4v) is 4.49. The SMILES string of the molecule is CC(C)(C)C1C/C(=C\c2ccc(Cl)c(Cl)c2)c2nc3ccccc3c(C(=O)O)c2C1. The molecule has 3 nitrogen and oxygen atoms in total. The molecule has 154 valence electrons. The van der Waals surface area contributed by atoms with Gasteiger partial charge in [0.15, 0.2) is 0 Å². The number of pyridine rings is 1. The first-order valence-corrected chi connectivity index (χ1v) is 10.7. The van der Waals surface area contributed by atoms with Gasteiger partial charge in [0.05, 0.1) is 26.8 Å². The van der Waals surface area contributed by atoms with E-state index < -0.39 is 5.97 Å². The van der Waals surface area contributed by atoms with Gasteiger partial charge in [-0.25, -0.2) is 9.78 Å². The number of carbonyl (C=O) groups is 1. The topological polar surface area (TPSA) is 50.2 Å². The molecule has 0 fully saturated rings. The van der Waals surface area contributed by atoms with Gasteiger partial charge in [0.1, 0.15) is 0 Å². The van der Waals surface area contributed by atoms with Crippen LogP contribution in [-0.4, -0.2) is 16.1 Å². The normalized spacial score (nSPS) is 17.9. The summed E-state index contributed by atoms with van der Waals surface area (Å²) < 4.78 is 0. The molecule has 1 aromatic heterocycles. The van der Waals surface area contributed by atoms with Crippen molar-refractivity contribution in [3.8, 4) is 0 Å². The van der Waals surface area contributed by atoms with Crippen LogP contribution >= 0.6 is 23.2 Å². The minimum absolute atomic E-state index is 0.0237. The highest BCUT2D eigenvalue weighted by molar-refractivity contribution is 6.42. The number of nitrogens with zero attached hydrogens (tertiary/aromatic N) is 1. The molecule has 2 aromatic carbocycles. The summed E-state index contributed by atoms with van der Waals surface area (Å²) in [6, 6.07) is 13.0. The summed E-state index contributed by atoms with van der Waals surface area (Å²) >= 11 is 12.3. The van der Waals surface area contributed by atoms with E-state index >= 15 is 0 Å². The lowest BCUT2D eigenvalue weighted by molar-refractivity contribution is 0.0696. The van der Waals surface area contributed by atoms with Gasteiger partial charge in [0.25, 0.3) is 0 Å². The quantitative estimate of drug-likeness (QED) is 0.452. The second-order valence-electron chi connectivity index (χ2n) is 8.95. The number of allylic oxidation sites excluding steroid dienone is 1. The third-order valence-electron chi connectivity index (χ3n) is 5.94. The number of hydrogen-bond acceptors (Lipinski definition) is 2. The second-order valence-corrected chi connectivity index (χ2v) is 9.76. The number of hydrogen-bond donors (Lipinski definition) is 1. The molecule has 0 spiro atoms.